The van der Waals surface area contributed by atoms with Crippen molar-refractivity contribution in [2.75, 3.05) is 19.0 Å². The fraction of sp³-hybridized carbons (Fsp3) is 0.533. The van der Waals surface area contributed by atoms with Crippen LogP contribution in [-0.2, 0) is 6.54 Å². The van der Waals surface area contributed by atoms with Crippen LogP contribution < -0.4 is 10.2 Å². The van der Waals surface area contributed by atoms with Crippen molar-refractivity contribution >= 4 is 11.5 Å². The van der Waals surface area contributed by atoms with Crippen LogP contribution >= 0.6 is 0 Å². The summed E-state index contributed by atoms with van der Waals surface area (Å²) < 4.78 is 2.16. The number of anilines is 1. The highest BCUT2D eigenvalue weighted by atomic mass is 15.3. The van der Waals surface area contributed by atoms with Crippen molar-refractivity contribution in [3.05, 3.63) is 30.1 Å². The number of rotatable bonds is 5. The fourth-order valence-corrected chi connectivity index (χ4v) is 2.16. The van der Waals surface area contributed by atoms with Gasteiger partial charge in [-0.2, -0.15) is 0 Å². The van der Waals surface area contributed by atoms with E-state index in [9.17, 15) is 0 Å². The smallest absolute Gasteiger partial charge is 0.152 e. The molecule has 2 aromatic rings. The molecule has 0 saturated carbocycles. The monoisotopic (exact) mass is 260 g/mol. The van der Waals surface area contributed by atoms with Gasteiger partial charge in [-0.15, -0.1) is 0 Å². The van der Waals surface area contributed by atoms with Crippen molar-refractivity contribution < 1.29 is 0 Å². The summed E-state index contributed by atoms with van der Waals surface area (Å²) >= 11 is 0. The maximum absolute atomic E-state index is 4.79. The molecule has 0 fully saturated rings. The molecule has 0 saturated heterocycles. The summed E-state index contributed by atoms with van der Waals surface area (Å²) in [7, 11) is 4.10. The van der Waals surface area contributed by atoms with E-state index < -0.39 is 0 Å². The maximum Gasteiger partial charge on any atom is 0.152 e. The van der Waals surface area contributed by atoms with Gasteiger partial charge in [-0.25, -0.2) is 4.98 Å². The first-order valence-corrected chi connectivity index (χ1v) is 6.85. The van der Waals surface area contributed by atoms with Gasteiger partial charge in [0.2, 0.25) is 0 Å². The summed E-state index contributed by atoms with van der Waals surface area (Å²) in [5, 5.41) is 3.24. The Morgan fingerprint density at radius 2 is 2.11 bits per heavy atom. The van der Waals surface area contributed by atoms with E-state index in [0.29, 0.717) is 0 Å². The third-order valence-electron chi connectivity index (χ3n) is 4.04. The molecule has 0 spiro atoms. The molecule has 2 rings (SSSR count). The summed E-state index contributed by atoms with van der Waals surface area (Å²) in [6.45, 7) is 7.52. The molecule has 0 aliphatic heterocycles. The van der Waals surface area contributed by atoms with Gasteiger partial charge in [0.15, 0.2) is 5.82 Å². The van der Waals surface area contributed by atoms with Gasteiger partial charge >= 0.3 is 0 Å². The summed E-state index contributed by atoms with van der Waals surface area (Å²) in [5.41, 5.74) is 2.31. The lowest BCUT2D eigenvalue weighted by atomic mass is 10.00. The van der Waals surface area contributed by atoms with Gasteiger partial charge in [-0.05, 0) is 39.4 Å². The van der Waals surface area contributed by atoms with Crippen LogP contribution in [0.25, 0.3) is 5.65 Å². The van der Waals surface area contributed by atoms with Crippen LogP contribution in [0.3, 0.4) is 0 Å². The molecule has 2 aromatic heterocycles. The lowest BCUT2D eigenvalue weighted by Crippen LogP contribution is -2.41. The van der Waals surface area contributed by atoms with E-state index >= 15 is 0 Å². The van der Waals surface area contributed by atoms with E-state index in [-0.39, 0.29) is 5.54 Å². The summed E-state index contributed by atoms with van der Waals surface area (Å²) in [5.74, 6) is 1.06. The lowest BCUT2D eigenvalue weighted by Gasteiger charge is -2.35. The highest BCUT2D eigenvalue weighted by Crippen LogP contribution is 2.28. The normalized spacial score (nSPS) is 12.1. The molecule has 4 heteroatoms. The standard InChI is InChI=1S/C15H24N4/c1-6-15(2,3)18(5)14-12(11-16-4)19-10-8-7-9-13(19)17-14/h7-10,16H,6,11H2,1-5H3. The van der Waals surface area contributed by atoms with E-state index in [2.05, 4.69) is 54.7 Å². The summed E-state index contributed by atoms with van der Waals surface area (Å²) in [6.07, 6.45) is 3.15. The predicted octanol–water partition coefficient (Wildman–Crippen LogP) is 2.68. The fourth-order valence-electron chi connectivity index (χ4n) is 2.16. The second-order valence-electron chi connectivity index (χ2n) is 5.57. The van der Waals surface area contributed by atoms with E-state index in [1.807, 2.05) is 19.2 Å². The van der Waals surface area contributed by atoms with E-state index in [0.717, 1.165) is 24.4 Å². The Bertz CT molecular complexity index is 556. The third-order valence-corrected chi connectivity index (χ3v) is 4.04. The largest absolute Gasteiger partial charge is 0.353 e. The molecular formula is C15H24N4. The Kier molecular flexibility index (Phi) is 3.80. The minimum absolute atomic E-state index is 0.0976. The number of pyridine rings is 1. The lowest BCUT2D eigenvalue weighted by molar-refractivity contribution is 0.466. The van der Waals surface area contributed by atoms with Crippen molar-refractivity contribution in [2.24, 2.45) is 0 Å². The molecule has 0 unspecified atom stereocenters. The zero-order valence-electron chi connectivity index (χ0n) is 12.6. The number of hydrogen-bond donors (Lipinski definition) is 1. The molecule has 2 heterocycles. The molecule has 0 aromatic carbocycles. The van der Waals surface area contributed by atoms with Gasteiger partial charge in [0.1, 0.15) is 5.65 Å². The van der Waals surface area contributed by atoms with Crippen molar-refractivity contribution in [1.29, 1.82) is 0 Å². The average Bonchev–Trinajstić information content (AvgIpc) is 2.77. The van der Waals surface area contributed by atoms with Crippen LogP contribution in [0.1, 0.15) is 32.9 Å². The Balaban J connectivity index is 2.56. The topological polar surface area (TPSA) is 32.6 Å². The molecule has 19 heavy (non-hydrogen) atoms. The number of nitrogens with one attached hydrogen (secondary N) is 1. The van der Waals surface area contributed by atoms with E-state index in [1.54, 1.807) is 0 Å². The molecule has 4 nitrogen and oxygen atoms in total. The average molecular weight is 260 g/mol. The first-order valence-electron chi connectivity index (χ1n) is 6.85. The van der Waals surface area contributed by atoms with Crippen LogP contribution in [0.4, 0.5) is 5.82 Å². The Morgan fingerprint density at radius 3 is 2.74 bits per heavy atom. The summed E-state index contributed by atoms with van der Waals surface area (Å²) in [4.78, 5) is 7.08. The Hall–Kier alpha value is -1.55. The molecule has 0 atom stereocenters. The zero-order valence-corrected chi connectivity index (χ0v) is 12.6. The molecule has 0 bridgehead atoms. The van der Waals surface area contributed by atoms with Gasteiger partial charge in [-0.3, -0.25) is 0 Å². The van der Waals surface area contributed by atoms with Crippen LogP contribution in [-0.4, -0.2) is 29.0 Å². The van der Waals surface area contributed by atoms with Gasteiger partial charge in [-0.1, -0.05) is 13.0 Å². The summed E-state index contributed by atoms with van der Waals surface area (Å²) in [6, 6.07) is 6.12. The predicted molar refractivity (Wildman–Crippen MR) is 80.7 cm³/mol. The van der Waals surface area contributed by atoms with Crippen molar-refractivity contribution in [2.45, 2.75) is 39.3 Å². The molecule has 0 radical (unpaired) electrons. The van der Waals surface area contributed by atoms with Crippen LogP contribution in [0.2, 0.25) is 0 Å². The number of nitrogens with zero attached hydrogens (tertiary/aromatic N) is 3. The highest BCUT2D eigenvalue weighted by molar-refractivity contribution is 5.56. The SMILES string of the molecule is CCC(C)(C)N(C)c1nc2ccccn2c1CNC. The van der Waals surface area contributed by atoms with E-state index in [1.165, 1.54) is 5.69 Å². The number of imidazole rings is 1. The van der Waals surface area contributed by atoms with Gasteiger partial charge in [0.25, 0.3) is 0 Å². The second kappa shape index (κ2) is 5.21. The zero-order chi connectivity index (χ0) is 14.0. The highest BCUT2D eigenvalue weighted by Gasteiger charge is 2.26. The third kappa shape index (κ3) is 2.45. The number of aromatic nitrogens is 2. The van der Waals surface area contributed by atoms with Crippen LogP contribution in [0, 0.1) is 0 Å². The van der Waals surface area contributed by atoms with Crippen LogP contribution in [0.5, 0.6) is 0 Å². The van der Waals surface area contributed by atoms with Crippen molar-refractivity contribution in [1.82, 2.24) is 14.7 Å². The van der Waals surface area contributed by atoms with Gasteiger partial charge in [0.05, 0.1) is 5.69 Å². The second-order valence-corrected chi connectivity index (χ2v) is 5.57. The van der Waals surface area contributed by atoms with Gasteiger partial charge < -0.3 is 14.6 Å². The maximum atomic E-state index is 4.79. The number of hydrogen-bond acceptors (Lipinski definition) is 3. The van der Waals surface area contributed by atoms with Gasteiger partial charge in [0, 0.05) is 25.3 Å². The van der Waals surface area contributed by atoms with Crippen molar-refractivity contribution in [3.63, 3.8) is 0 Å². The minimum Gasteiger partial charge on any atom is -0.353 e. The molecule has 104 valence electrons. The van der Waals surface area contributed by atoms with E-state index in [4.69, 9.17) is 4.98 Å². The number of fused-ring (bicyclic) bond motifs is 1. The minimum atomic E-state index is 0.0976. The quantitative estimate of drug-likeness (QED) is 0.897. The molecule has 0 aliphatic rings. The molecule has 0 aliphatic carbocycles. The molecular weight excluding hydrogens is 236 g/mol. The first-order chi connectivity index (χ1) is 9.01. The first kappa shape index (κ1) is 13.9. The van der Waals surface area contributed by atoms with Crippen LogP contribution in [0.15, 0.2) is 24.4 Å². The Labute approximate surface area is 115 Å². The van der Waals surface area contributed by atoms with Crippen molar-refractivity contribution in [3.8, 4) is 0 Å². The molecule has 1 N–H and O–H groups in total. The Morgan fingerprint density at radius 1 is 1.37 bits per heavy atom. The molecule has 0 amide bonds.